The predicted molar refractivity (Wildman–Crippen MR) is 68.5 cm³/mol. The third kappa shape index (κ3) is 3.99. The first-order valence-electron chi connectivity index (χ1n) is 6.48. The van der Waals surface area contributed by atoms with Gasteiger partial charge in [0.15, 0.2) is 6.29 Å². The lowest BCUT2D eigenvalue weighted by Gasteiger charge is -2.36. The van der Waals surface area contributed by atoms with Crippen LogP contribution in [0.4, 0.5) is 0 Å². The van der Waals surface area contributed by atoms with Crippen molar-refractivity contribution in [3.8, 4) is 0 Å². The molecule has 4 atom stereocenters. The lowest BCUT2D eigenvalue weighted by atomic mass is 10.0. The van der Waals surface area contributed by atoms with Crippen molar-refractivity contribution in [1.82, 2.24) is 0 Å². The monoisotopic (exact) mass is 268 g/mol. The number of ether oxygens (including phenoxy) is 2. The molecule has 0 spiro atoms. The van der Waals surface area contributed by atoms with Gasteiger partial charge in [-0.3, -0.25) is 0 Å². The van der Waals surface area contributed by atoms with Crippen LogP contribution in [0.15, 0.2) is 30.3 Å². The summed E-state index contributed by atoms with van der Waals surface area (Å²) in [6.07, 6.45) is -2.38. The highest BCUT2D eigenvalue weighted by Gasteiger charge is 2.36. The summed E-state index contributed by atoms with van der Waals surface area (Å²) in [6.45, 7) is 0.131. The van der Waals surface area contributed by atoms with Crippen molar-refractivity contribution in [2.45, 2.75) is 37.4 Å². The van der Waals surface area contributed by atoms with Gasteiger partial charge < -0.3 is 24.8 Å². The molecule has 3 N–H and O–H groups in total. The number of rotatable bonds is 5. The molecular weight excluding hydrogens is 248 g/mol. The van der Waals surface area contributed by atoms with Gasteiger partial charge in [0.1, 0.15) is 12.2 Å². The zero-order valence-corrected chi connectivity index (χ0v) is 10.7. The van der Waals surface area contributed by atoms with Gasteiger partial charge >= 0.3 is 0 Å². The van der Waals surface area contributed by atoms with Crippen molar-refractivity contribution in [3.05, 3.63) is 35.9 Å². The van der Waals surface area contributed by atoms with E-state index in [4.69, 9.17) is 14.6 Å². The number of hydrogen-bond acceptors (Lipinski definition) is 5. The standard InChI is InChI=1S/C14H20O5/c15-9-12-14(17)11(16)8-13(19-12)18-7-6-10-4-2-1-3-5-10/h1-5,11-17H,6-9H2/t11-,12-,13+,14-/m1/s1. The van der Waals surface area contributed by atoms with Crippen LogP contribution in [-0.2, 0) is 15.9 Å². The minimum absolute atomic E-state index is 0.215. The van der Waals surface area contributed by atoms with Crippen molar-refractivity contribution < 1.29 is 24.8 Å². The van der Waals surface area contributed by atoms with Crippen LogP contribution >= 0.6 is 0 Å². The molecule has 0 amide bonds. The van der Waals surface area contributed by atoms with E-state index in [1.54, 1.807) is 0 Å². The summed E-state index contributed by atoms with van der Waals surface area (Å²) in [5, 5.41) is 28.3. The van der Waals surface area contributed by atoms with Gasteiger partial charge in [0.05, 0.1) is 19.3 Å². The number of benzene rings is 1. The lowest BCUT2D eigenvalue weighted by Crippen LogP contribution is -2.50. The summed E-state index contributed by atoms with van der Waals surface area (Å²) in [5.41, 5.74) is 1.16. The van der Waals surface area contributed by atoms with E-state index in [1.807, 2.05) is 30.3 Å². The van der Waals surface area contributed by atoms with Crippen molar-refractivity contribution in [2.75, 3.05) is 13.2 Å². The van der Waals surface area contributed by atoms with Crippen LogP contribution in [0.25, 0.3) is 0 Å². The highest BCUT2D eigenvalue weighted by molar-refractivity contribution is 5.14. The lowest BCUT2D eigenvalue weighted by molar-refractivity contribution is -0.256. The molecule has 0 bridgehead atoms. The summed E-state index contributed by atoms with van der Waals surface area (Å²) in [4.78, 5) is 0. The van der Waals surface area contributed by atoms with E-state index in [9.17, 15) is 10.2 Å². The van der Waals surface area contributed by atoms with Crippen LogP contribution in [0.2, 0.25) is 0 Å². The predicted octanol–water partition coefficient (Wildman–Crippen LogP) is 0.0748. The maximum Gasteiger partial charge on any atom is 0.160 e. The smallest absolute Gasteiger partial charge is 0.160 e. The zero-order chi connectivity index (χ0) is 13.7. The molecule has 5 heteroatoms. The van der Waals surface area contributed by atoms with Crippen LogP contribution in [0.5, 0.6) is 0 Å². The summed E-state index contributed by atoms with van der Waals surface area (Å²) in [5.74, 6) is 0. The van der Waals surface area contributed by atoms with Crippen molar-refractivity contribution in [2.24, 2.45) is 0 Å². The topological polar surface area (TPSA) is 79.2 Å². The van der Waals surface area contributed by atoms with Crippen LogP contribution in [-0.4, -0.2) is 53.1 Å². The molecule has 1 aromatic carbocycles. The molecule has 1 heterocycles. The van der Waals surface area contributed by atoms with Crippen molar-refractivity contribution in [3.63, 3.8) is 0 Å². The molecule has 0 saturated carbocycles. The van der Waals surface area contributed by atoms with E-state index in [2.05, 4.69) is 0 Å². The third-order valence-corrected chi connectivity index (χ3v) is 3.25. The highest BCUT2D eigenvalue weighted by atomic mass is 16.7. The first-order valence-corrected chi connectivity index (χ1v) is 6.48. The van der Waals surface area contributed by atoms with Gasteiger partial charge in [0, 0.05) is 6.42 Å². The Kier molecular flexibility index (Phi) is 5.30. The molecule has 5 nitrogen and oxygen atoms in total. The Labute approximate surface area is 112 Å². The van der Waals surface area contributed by atoms with E-state index in [-0.39, 0.29) is 13.0 Å². The molecule has 0 aromatic heterocycles. The molecule has 0 unspecified atom stereocenters. The Hall–Kier alpha value is -0.980. The van der Waals surface area contributed by atoms with E-state index in [0.717, 1.165) is 12.0 Å². The van der Waals surface area contributed by atoms with E-state index in [1.165, 1.54) is 0 Å². The zero-order valence-electron chi connectivity index (χ0n) is 10.7. The fourth-order valence-electron chi connectivity index (χ4n) is 2.13. The van der Waals surface area contributed by atoms with Crippen molar-refractivity contribution >= 4 is 0 Å². The Balaban J connectivity index is 1.77. The summed E-state index contributed by atoms with van der Waals surface area (Å²) >= 11 is 0. The minimum atomic E-state index is -1.06. The van der Waals surface area contributed by atoms with E-state index in [0.29, 0.717) is 6.61 Å². The first kappa shape index (κ1) is 14.4. The fraction of sp³-hybridized carbons (Fsp3) is 0.571. The molecular formula is C14H20O5. The highest BCUT2D eigenvalue weighted by Crippen LogP contribution is 2.21. The molecule has 1 aromatic rings. The van der Waals surface area contributed by atoms with Crippen LogP contribution in [0.1, 0.15) is 12.0 Å². The van der Waals surface area contributed by atoms with Gasteiger partial charge in [-0.15, -0.1) is 0 Å². The van der Waals surface area contributed by atoms with Gasteiger partial charge in [0.25, 0.3) is 0 Å². The maximum absolute atomic E-state index is 9.64. The molecule has 1 fully saturated rings. The summed E-state index contributed by atoms with van der Waals surface area (Å²) in [6, 6.07) is 9.92. The molecule has 0 aliphatic carbocycles. The van der Waals surface area contributed by atoms with Crippen molar-refractivity contribution in [1.29, 1.82) is 0 Å². The Morgan fingerprint density at radius 2 is 1.95 bits per heavy atom. The third-order valence-electron chi connectivity index (χ3n) is 3.25. The first-order chi connectivity index (χ1) is 9.20. The van der Waals surface area contributed by atoms with Crippen LogP contribution in [0.3, 0.4) is 0 Å². The fourth-order valence-corrected chi connectivity index (χ4v) is 2.13. The molecule has 1 saturated heterocycles. The van der Waals surface area contributed by atoms with Crippen LogP contribution in [0, 0.1) is 0 Å². The summed E-state index contributed by atoms with van der Waals surface area (Å²) < 4.78 is 10.9. The molecule has 1 aliphatic heterocycles. The number of aliphatic hydroxyl groups excluding tert-OH is 3. The second-order valence-electron chi connectivity index (χ2n) is 4.69. The van der Waals surface area contributed by atoms with Crippen LogP contribution < -0.4 is 0 Å². The quantitative estimate of drug-likeness (QED) is 0.704. The van der Waals surface area contributed by atoms with E-state index >= 15 is 0 Å². The molecule has 19 heavy (non-hydrogen) atoms. The average molecular weight is 268 g/mol. The number of hydrogen-bond donors (Lipinski definition) is 3. The van der Waals surface area contributed by atoms with Gasteiger partial charge in [-0.25, -0.2) is 0 Å². The maximum atomic E-state index is 9.64. The van der Waals surface area contributed by atoms with E-state index < -0.39 is 24.6 Å². The van der Waals surface area contributed by atoms with Gasteiger partial charge in [0.2, 0.25) is 0 Å². The van der Waals surface area contributed by atoms with Gasteiger partial charge in [-0.2, -0.15) is 0 Å². The number of aliphatic hydroxyl groups is 3. The normalized spacial score (nSPS) is 31.3. The SMILES string of the molecule is OC[C@H]1O[C@H](OCCc2ccccc2)C[C@@H](O)[C@H]1O. The Morgan fingerprint density at radius 3 is 2.63 bits per heavy atom. The molecule has 1 aliphatic rings. The second-order valence-corrected chi connectivity index (χ2v) is 4.69. The molecule has 106 valence electrons. The Morgan fingerprint density at radius 1 is 1.21 bits per heavy atom. The Bertz CT molecular complexity index is 369. The molecule has 2 rings (SSSR count). The summed E-state index contributed by atoms with van der Waals surface area (Å²) in [7, 11) is 0. The molecule has 0 radical (unpaired) electrons. The minimum Gasteiger partial charge on any atom is -0.394 e. The van der Waals surface area contributed by atoms with Gasteiger partial charge in [-0.05, 0) is 12.0 Å². The van der Waals surface area contributed by atoms with Gasteiger partial charge in [-0.1, -0.05) is 30.3 Å². The average Bonchev–Trinajstić information content (AvgIpc) is 2.43. The largest absolute Gasteiger partial charge is 0.394 e. The second kappa shape index (κ2) is 6.98.